The molecule has 0 spiro atoms. The van der Waals surface area contributed by atoms with Crippen LogP contribution in [0, 0.1) is 10.6 Å². The number of para-hydroxylation sites is 1. The molecule has 0 atom stereocenters. The van der Waals surface area contributed by atoms with Crippen molar-refractivity contribution in [3.8, 4) is 0 Å². The standard InChI is InChI=1S/C12H12F4N2S/c13-8-4-3-5-9-10(8)17-11(19)18(9)7-2-1-6-12(14,15)16/h3-5H,1-2,6-7H2,(H,17,19). The largest absolute Gasteiger partial charge is 0.389 e. The third-order valence-electron chi connectivity index (χ3n) is 2.85. The maximum Gasteiger partial charge on any atom is 0.389 e. The van der Waals surface area contributed by atoms with E-state index >= 15 is 0 Å². The Morgan fingerprint density at radius 3 is 2.63 bits per heavy atom. The molecule has 1 N–H and O–H groups in total. The Hall–Kier alpha value is -1.37. The monoisotopic (exact) mass is 292 g/mol. The summed E-state index contributed by atoms with van der Waals surface area (Å²) in [7, 11) is 0. The van der Waals surface area contributed by atoms with Gasteiger partial charge in [-0.2, -0.15) is 13.2 Å². The summed E-state index contributed by atoms with van der Waals surface area (Å²) in [6.45, 7) is 0.346. The molecule has 0 aliphatic rings. The second-order valence-electron chi connectivity index (χ2n) is 4.29. The summed E-state index contributed by atoms with van der Waals surface area (Å²) < 4.78 is 51.5. The van der Waals surface area contributed by atoms with Crippen molar-refractivity contribution in [1.82, 2.24) is 9.55 Å². The van der Waals surface area contributed by atoms with Crippen molar-refractivity contribution in [3.63, 3.8) is 0 Å². The van der Waals surface area contributed by atoms with Gasteiger partial charge in [-0.05, 0) is 37.2 Å². The maximum absolute atomic E-state index is 13.5. The molecule has 19 heavy (non-hydrogen) atoms. The minimum Gasteiger partial charge on any atom is -0.328 e. The van der Waals surface area contributed by atoms with Crippen LogP contribution in [-0.4, -0.2) is 15.7 Å². The van der Waals surface area contributed by atoms with Crippen molar-refractivity contribution in [2.24, 2.45) is 0 Å². The molecule has 1 aromatic heterocycles. The number of aromatic nitrogens is 2. The van der Waals surface area contributed by atoms with Gasteiger partial charge in [-0.3, -0.25) is 0 Å². The van der Waals surface area contributed by atoms with E-state index in [9.17, 15) is 17.6 Å². The van der Waals surface area contributed by atoms with Crippen LogP contribution in [0.15, 0.2) is 18.2 Å². The number of hydrogen-bond donors (Lipinski definition) is 1. The van der Waals surface area contributed by atoms with Crippen LogP contribution in [0.5, 0.6) is 0 Å². The molecule has 0 aliphatic carbocycles. The Morgan fingerprint density at radius 1 is 1.21 bits per heavy atom. The number of aromatic amines is 1. The first-order chi connectivity index (χ1) is 8.88. The molecule has 0 radical (unpaired) electrons. The first-order valence-electron chi connectivity index (χ1n) is 5.82. The summed E-state index contributed by atoms with van der Waals surface area (Å²) in [4.78, 5) is 2.73. The number of imidazole rings is 1. The number of aryl methyl sites for hydroxylation is 1. The van der Waals surface area contributed by atoms with Gasteiger partial charge in [-0.1, -0.05) is 6.07 Å². The highest BCUT2D eigenvalue weighted by molar-refractivity contribution is 7.71. The molecular weight excluding hydrogens is 280 g/mol. The van der Waals surface area contributed by atoms with Crippen molar-refractivity contribution in [2.75, 3.05) is 0 Å². The number of alkyl halides is 3. The van der Waals surface area contributed by atoms with Gasteiger partial charge in [0, 0.05) is 13.0 Å². The molecule has 0 saturated heterocycles. The molecule has 0 unspecified atom stereocenters. The van der Waals surface area contributed by atoms with Crippen LogP contribution in [-0.2, 0) is 6.54 Å². The van der Waals surface area contributed by atoms with Crippen LogP contribution in [0.4, 0.5) is 17.6 Å². The fraction of sp³-hybridized carbons (Fsp3) is 0.417. The van der Waals surface area contributed by atoms with E-state index in [2.05, 4.69) is 4.98 Å². The Balaban J connectivity index is 2.11. The highest BCUT2D eigenvalue weighted by Gasteiger charge is 2.25. The molecule has 2 nitrogen and oxygen atoms in total. The number of unbranched alkanes of at least 4 members (excludes halogenated alkanes) is 1. The molecule has 2 aromatic rings. The Bertz CT molecular complexity index is 627. The Morgan fingerprint density at radius 2 is 1.95 bits per heavy atom. The van der Waals surface area contributed by atoms with Gasteiger partial charge in [0.15, 0.2) is 4.77 Å². The van der Waals surface area contributed by atoms with Crippen LogP contribution in [0.2, 0.25) is 0 Å². The molecule has 7 heteroatoms. The Labute approximate surface area is 112 Å². The van der Waals surface area contributed by atoms with Gasteiger partial charge in [-0.15, -0.1) is 0 Å². The van der Waals surface area contributed by atoms with E-state index < -0.39 is 18.4 Å². The van der Waals surface area contributed by atoms with Gasteiger partial charge in [0.25, 0.3) is 0 Å². The van der Waals surface area contributed by atoms with E-state index in [0.29, 0.717) is 28.8 Å². The molecular formula is C12H12F4N2S. The van der Waals surface area contributed by atoms with Crippen molar-refractivity contribution in [1.29, 1.82) is 0 Å². The molecule has 104 valence electrons. The lowest BCUT2D eigenvalue weighted by Gasteiger charge is -2.07. The average molecular weight is 292 g/mol. The lowest BCUT2D eigenvalue weighted by Crippen LogP contribution is -2.07. The smallest absolute Gasteiger partial charge is 0.328 e. The van der Waals surface area contributed by atoms with Crippen LogP contribution in [0.25, 0.3) is 11.0 Å². The van der Waals surface area contributed by atoms with Gasteiger partial charge in [0.1, 0.15) is 11.3 Å². The van der Waals surface area contributed by atoms with Crippen LogP contribution in [0.1, 0.15) is 19.3 Å². The van der Waals surface area contributed by atoms with E-state index in [-0.39, 0.29) is 6.42 Å². The lowest BCUT2D eigenvalue weighted by molar-refractivity contribution is -0.135. The van der Waals surface area contributed by atoms with E-state index in [0.717, 1.165) is 0 Å². The van der Waals surface area contributed by atoms with Gasteiger partial charge < -0.3 is 9.55 Å². The topological polar surface area (TPSA) is 20.7 Å². The first kappa shape index (κ1) is 14.0. The van der Waals surface area contributed by atoms with E-state index in [4.69, 9.17) is 12.2 Å². The normalized spacial score (nSPS) is 12.2. The van der Waals surface area contributed by atoms with Gasteiger partial charge in [-0.25, -0.2) is 4.39 Å². The molecule has 0 amide bonds. The zero-order valence-electron chi connectivity index (χ0n) is 9.93. The molecule has 0 bridgehead atoms. The highest BCUT2D eigenvalue weighted by atomic mass is 32.1. The average Bonchev–Trinajstić information content (AvgIpc) is 2.62. The zero-order chi connectivity index (χ0) is 14.0. The van der Waals surface area contributed by atoms with Crippen molar-refractivity contribution < 1.29 is 17.6 Å². The van der Waals surface area contributed by atoms with E-state index in [1.165, 1.54) is 6.07 Å². The minimum atomic E-state index is -4.13. The number of H-pyrrole nitrogens is 1. The Kier molecular flexibility index (Phi) is 3.93. The fourth-order valence-corrected chi connectivity index (χ4v) is 2.25. The molecule has 1 aromatic carbocycles. The molecule has 1 heterocycles. The number of benzene rings is 1. The van der Waals surface area contributed by atoms with Gasteiger partial charge in [0.2, 0.25) is 0 Å². The van der Waals surface area contributed by atoms with Crippen molar-refractivity contribution in [3.05, 3.63) is 28.8 Å². The van der Waals surface area contributed by atoms with Gasteiger partial charge in [0.05, 0.1) is 5.52 Å². The van der Waals surface area contributed by atoms with Crippen LogP contribution >= 0.6 is 12.2 Å². The second kappa shape index (κ2) is 5.32. The van der Waals surface area contributed by atoms with E-state index in [1.807, 2.05) is 0 Å². The quantitative estimate of drug-likeness (QED) is 0.497. The number of rotatable bonds is 4. The summed E-state index contributed by atoms with van der Waals surface area (Å²) >= 11 is 5.05. The van der Waals surface area contributed by atoms with Crippen LogP contribution < -0.4 is 0 Å². The van der Waals surface area contributed by atoms with Crippen molar-refractivity contribution >= 4 is 23.3 Å². The van der Waals surface area contributed by atoms with Crippen molar-refractivity contribution in [2.45, 2.75) is 32.0 Å². The number of hydrogen-bond acceptors (Lipinski definition) is 1. The molecule has 0 aliphatic heterocycles. The lowest BCUT2D eigenvalue weighted by atomic mass is 10.2. The number of halogens is 4. The molecule has 2 rings (SSSR count). The summed E-state index contributed by atoms with van der Waals surface area (Å²) in [6, 6.07) is 4.54. The van der Waals surface area contributed by atoms with E-state index in [1.54, 1.807) is 16.7 Å². The summed E-state index contributed by atoms with van der Waals surface area (Å²) in [5.74, 6) is -0.419. The zero-order valence-corrected chi connectivity index (χ0v) is 10.7. The maximum atomic E-state index is 13.5. The third-order valence-corrected chi connectivity index (χ3v) is 3.17. The predicted octanol–water partition coefficient (Wildman–Crippen LogP) is 4.57. The predicted molar refractivity (Wildman–Crippen MR) is 67.0 cm³/mol. The summed E-state index contributed by atoms with van der Waals surface area (Å²) in [5.41, 5.74) is 0.875. The summed E-state index contributed by atoms with van der Waals surface area (Å²) in [5, 5.41) is 0. The third kappa shape index (κ3) is 3.34. The highest BCUT2D eigenvalue weighted by Crippen LogP contribution is 2.23. The molecule has 0 fully saturated rings. The minimum absolute atomic E-state index is 0.0350. The number of nitrogens with zero attached hydrogens (tertiary/aromatic N) is 1. The molecule has 0 saturated carbocycles. The number of nitrogens with one attached hydrogen (secondary N) is 1. The van der Waals surface area contributed by atoms with Gasteiger partial charge >= 0.3 is 6.18 Å². The fourth-order valence-electron chi connectivity index (χ4n) is 1.96. The first-order valence-corrected chi connectivity index (χ1v) is 6.23. The second-order valence-corrected chi connectivity index (χ2v) is 4.67. The number of fused-ring (bicyclic) bond motifs is 1. The van der Waals surface area contributed by atoms with Crippen LogP contribution in [0.3, 0.4) is 0 Å². The SMILES string of the molecule is Fc1cccc2c1[nH]c(=S)n2CCCCC(F)(F)F. The summed E-state index contributed by atoms with van der Waals surface area (Å²) in [6.07, 6.45) is -4.56.